The molecule has 0 atom stereocenters. The van der Waals surface area contributed by atoms with Crippen LogP contribution in [0.3, 0.4) is 0 Å². The lowest BCUT2D eigenvalue weighted by Gasteiger charge is -2.31. The molecule has 232 valence electrons. The molecule has 3 aromatic carbocycles. The fourth-order valence-electron chi connectivity index (χ4n) is 5.28. The van der Waals surface area contributed by atoms with Crippen LogP contribution in [-0.2, 0) is 21.9 Å². The number of sulfonamides is 1. The van der Waals surface area contributed by atoms with Gasteiger partial charge in [0.1, 0.15) is 22.3 Å². The summed E-state index contributed by atoms with van der Waals surface area (Å²) in [6, 6.07) is 19.5. The summed E-state index contributed by atoms with van der Waals surface area (Å²) in [5.41, 5.74) is 4.23. The molecule has 1 aliphatic heterocycles. The highest BCUT2D eigenvalue weighted by Crippen LogP contribution is 2.29. The number of hydrogen-bond donors (Lipinski definition) is 2. The van der Waals surface area contributed by atoms with Crippen LogP contribution in [0.5, 0.6) is 0 Å². The van der Waals surface area contributed by atoms with Crippen LogP contribution < -0.4 is 10.6 Å². The molecule has 2 heterocycles. The number of nitrogens with one attached hydrogen (secondary N) is 2. The molecule has 0 radical (unpaired) electrons. The Bertz CT molecular complexity index is 1760. The summed E-state index contributed by atoms with van der Waals surface area (Å²) in [5, 5.41) is 10.6. The standard InChI is InChI=1S/C33H37F2N5O3S/c1-22-8-11-27(12-9-22)40-31(21-30(38-40)33(2,3)4)37-32(41)36-26-7-5-6-24(19-26)18-23-14-16-39(17-15-23)44(42,43)29-13-10-25(34)20-28(29)35/h5-13,19-21,23H,14-18H2,1-4H3,(H2,36,37,41). The first-order valence-electron chi connectivity index (χ1n) is 14.6. The Morgan fingerprint density at radius 1 is 0.955 bits per heavy atom. The van der Waals surface area contributed by atoms with Crippen molar-refractivity contribution in [3.05, 3.63) is 101 Å². The number of aryl methyl sites for hydroxylation is 1. The highest BCUT2D eigenvalue weighted by molar-refractivity contribution is 7.89. The topological polar surface area (TPSA) is 96.3 Å². The molecule has 5 rings (SSSR count). The molecule has 0 bridgehead atoms. The first kappa shape index (κ1) is 31.3. The van der Waals surface area contributed by atoms with E-state index in [9.17, 15) is 22.0 Å². The molecule has 1 saturated heterocycles. The van der Waals surface area contributed by atoms with Crippen LogP contribution in [0, 0.1) is 24.5 Å². The maximum atomic E-state index is 14.2. The second-order valence-electron chi connectivity index (χ2n) is 12.3. The molecule has 2 N–H and O–H groups in total. The van der Waals surface area contributed by atoms with E-state index >= 15 is 0 Å². The van der Waals surface area contributed by atoms with Crippen LogP contribution in [0.15, 0.2) is 77.7 Å². The van der Waals surface area contributed by atoms with Gasteiger partial charge in [0.2, 0.25) is 10.0 Å². The van der Waals surface area contributed by atoms with E-state index in [0.29, 0.717) is 36.8 Å². The molecule has 1 aromatic heterocycles. The van der Waals surface area contributed by atoms with E-state index in [4.69, 9.17) is 5.10 Å². The Hall–Kier alpha value is -4.09. The number of hydrogen-bond acceptors (Lipinski definition) is 4. The van der Waals surface area contributed by atoms with Gasteiger partial charge < -0.3 is 5.32 Å². The van der Waals surface area contributed by atoms with Gasteiger partial charge >= 0.3 is 6.03 Å². The van der Waals surface area contributed by atoms with Gasteiger partial charge in [-0.05, 0) is 74.1 Å². The van der Waals surface area contributed by atoms with Crippen LogP contribution in [0.4, 0.5) is 25.1 Å². The van der Waals surface area contributed by atoms with Crippen molar-refractivity contribution in [3.63, 3.8) is 0 Å². The van der Waals surface area contributed by atoms with Gasteiger partial charge in [-0.15, -0.1) is 0 Å². The number of rotatable bonds is 7. The molecule has 0 aliphatic carbocycles. The van der Waals surface area contributed by atoms with Crippen molar-refractivity contribution in [1.82, 2.24) is 14.1 Å². The number of aromatic nitrogens is 2. The molecule has 0 saturated carbocycles. The zero-order valence-electron chi connectivity index (χ0n) is 25.3. The van der Waals surface area contributed by atoms with Gasteiger partial charge in [-0.3, -0.25) is 5.32 Å². The van der Waals surface area contributed by atoms with Crippen LogP contribution in [0.25, 0.3) is 5.69 Å². The van der Waals surface area contributed by atoms with Crippen molar-refractivity contribution >= 4 is 27.6 Å². The van der Waals surface area contributed by atoms with Crippen molar-refractivity contribution in [1.29, 1.82) is 0 Å². The Labute approximate surface area is 257 Å². The highest BCUT2D eigenvalue weighted by Gasteiger charge is 2.31. The lowest BCUT2D eigenvalue weighted by molar-refractivity contribution is 0.262. The molecule has 2 amide bonds. The van der Waals surface area contributed by atoms with E-state index < -0.39 is 32.6 Å². The summed E-state index contributed by atoms with van der Waals surface area (Å²) in [5.74, 6) is -1.15. The number of carbonyl (C=O) groups is 1. The number of amides is 2. The largest absolute Gasteiger partial charge is 0.324 e. The van der Waals surface area contributed by atoms with Crippen LogP contribution >= 0.6 is 0 Å². The molecular formula is C33H37F2N5O3S. The Morgan fingerprint density at radius 3 is 2.32 bits per heavy atom. The maximum absolute atomic E-state index is 14.2. The third-order valence-electron chi connectivity index (χ3n) is 7.79. The van der Waals surface area contributed by atoms with Crippen molar-refractivity contribution < 1.29 is 22.0 Å². The van der Waals surface area contributed by atoms with Gasteiger partial charge in [-0.25, -0.2) is 26.7 Å². The maximum Gasteiger partial charge on any atom is 0.324 e. The second-order valence-corrected chi connectivity index (χ2v) is 14.2. The Kier molecular flexibility index (Phi) is 8.90. The average molecular weight is 622 g/mol. The fourth-order valence-corrected chi connectivity index (χ4v) is 6.80. The van der Waals surface area contributed by atoms with E-state index in [0.717, 1.165) is 34.6 Å². The normalized spacial score (nSPS) is 14.9. The van der Waals surface area contributed by atoms with Gasteiger partial charge in [0, 0.05) is 36.3 Å². The predicted molar refractivity (Wildman–Crippen MR) is 168 cm³/mol. The zero-order chi connectivity index (χ0) is 31.6. The smallest absolute Gasteiger partial charge is 0.308 e. The molecule has 8 nitrogen and oxygen atoms in total. The highest BCUT2D eigenvalue weighted by atomic mass is 32.2. The first-order chi connectivity index (χ1) is 20.8. The fraction of sp³-hybridized carbons (Fsp3) is 0.333. The average Bonchev–Trinajstić information content (AvgIpc) is 3.38. The molecule has 11 heteroatoms. The van der Waals surface area contributed by atoms with Gasteiger partial charge in [0.05, 0.1) is 11.4 Å². The second kappa shape index (κ2) is 12.5. The van der Waals surface area contributed by atoms with E-state index in [-0.39, 0.29) is 24.4 Å². The Morgan fingerprint density at radius 2 is 1.66 bits per heavy atom. The Balaban J connectivity index is 1.22. The van der Waals surface area contributed by atoms with Gasteiger partial charge in [-0.2, -0.15) is 9.40 Å². The number of anilines is 2. The minimum Gasteiger partial charge on any atom is -0.308 e. The van der Waals surface area contributed by atoms with Gasteiger partial charge in [0.15, 0.2) is 0 Å². The third kappa shape index (κ3) is 7.16. The van der Waals surface area contributed by atoms with Crippen molar-refractivity contribution in [3.8, 4) is 5.69 Å². The molecule has 1 aliphatic rings. The van der Waals surface area contributed by atoms with Crippen LogP contribution in [0.2, 0.25) is 0 Å². The number of urea groups is 1. The van der Waals surface area contributed by atoms with E-state index in [1.54, 1.807) is 4.68 Å². The lowest BCUT2D eigenvalue weighted by Crippen LogP contribution is -2.39. The number of benzene rings is 3. The number of piperidine rings is 1. The summed E-state index contributed by atoms with van der Waals surface area (Å²) in [4.78, 5) is 12.6. The minimum atomic E-state index is -4.05. The SMILES string of the molecule is Cc1ccc(-n2nc(C(C)(C)C)cc2NC(=O)Nc2cccc(CC3CCN(S(=O)(=O)c4ccc(F)cc4F)CC3)c2)cc1. The number of nitrogens with zero attached hydrogens (tertiary/aromatic N) is 3. The third-order valence-corrected chi connectivity index (χ3v) is 9.72. The summed E-state index contributed by atoms with van der Waals surface area (Å²) in [6.07, 6.45) is 1.89. The van der Waals surface area contributed by atoms with Crippen molar-refractivity contribution in [2.75, 3.05) is 23.7 Å². The van der Waals surface area contributed by atoms with E-state index in [1.807, 2.05) is 61.5 Å². The number of carbonyl (C=O) groups excluding carboxylic acids is 1. The van der Waals surface area contributed by atoms with E-state index in [1.165, 1.54) is 4.31 Å². The monoisotopic (exact) mass is 621 g/mol. The summed E-state index contributed by atoms with van der Waals surface area (Å²) in [6.45, 7) is 8.71. The molecule has 0 spiro atoms. The lowest BCUT2D eigenvalue weighted by atomic mass is 9.91. The van der Waals surface area contributed by atoms with Crippen LogP contribution in [0.1, 0.15) is 50.4 Å². The molecule has 1 fully saturated rings. The number of halogens is 2. The van der Waals surface area contributed by atoms with E-state index in [2.05, 4.69) is 31.4 Å². The van der Waals surface area contributed by atoms with Crippen molar-refractivity contribution in [2.45, 2.75) is 57.3 Å². The molecule has 0 unspecified atom stereocenters. The molecular weight excluding hydrogens is 584 g/mol. The minimum absolute atomic E-state index is 0.211. The first-order valence-corrected chi connectivity index (χ1v) is 16.0. The molecule has 44 heavy (non-hydrogen) atoms. The summed E-state index contributed by atoms with van der Waals surface area (Å²) < 4.78 is 56.3. The summed E-state index contributed by atoms with van der Waals surface area (Å²) >= 11 is 0. The van der Waals surface area contributed by atoms with Crippen molar-refractivity contribution in [2.24, 2.45) is 5.92 Å². The molecule has 4 aromatic rings. The predicted octanol–water partition coefficient (Wildman–Crippen LogP) is 7.04. The zero-order valence-corrected chi connectivity index (χ0v) is 26.1. The van der Waals surface area contributed by atoms with Crippen LogP contribution in [-0.4, -0.2) is 41.6 Å². The summed E-state index contributed by atoms with van der Waals surface area (Å²) in [7, 11) is -4.05. The van der Waals surface area contributed by atoms with Gasteiger partial charge in [-0.1, -0.05) is 50.6 Å². The quantitative estimate of drug-likeness (QED) is 0.231. The van der Waals surface area contributed by atoms with Gasteiger partial charge in [0.25, 0.3) is 0 Å².